The number of halogens is 7. The van der Waals surface area contributed by atoms with Gasteiger partial charge in [0.15, 0.2) is 73.3 Å². The third kappa shape index (κ3) is 32.0. The van der Waals surface area contributed by atoms with Crippen molar-refractivity contribution < 1.29 is 122 Å². The van der Waals surface area contributed by atoms with Crippen molar-refractivity contribution in [3.05, 3.63) is 329 Å². The number of aliphatic hydroxyl groups excluding tert-OH is 1. The van der Waals surface area contributed by atoms with E-state index in [9.17, 15) is 50.6 Å². The number of carbonyl (C=O) groups excluding carboxylic acids is 3. The summed E-state index contributed by atoms with van der Waals surface area (Å²) >= 11 is 0. The third-order valence-electron chi connectivity index (χ3n) is 18.0. The number of rotatable bonds is 17. The van der Waals surface area contributed by atoms with Crippen molar-refractivity contribution in [1.29, 1.82) is 0 Å². The van der Waals surface area contributed by atoms with Crippen molar-refractivity contribution >= 4 is 56.6 Å². The minimum Gasteiger partial charge on any atom is -1.00 e. The minimum atomic E-state index is -3.60. The summed E-state index contributed by atoms with van der Waals surface area (Å²) in [5.41, 5.74) is 0. The summed E-state index contributed by atoms with van der Waals surface area (Å²) in [7, 11) is -0.0439. The molecule has 21 nitrogen and oxygen atoms in total. The fourth-order valence-corrected chi connectivity index (χ4v) is 18.4. The highest BCUT2D eigenvalue weighted by Crippen LogP contribution is 2.37. The molecule has 4 unspecified atom stereocenters. The molecule has 0 radical (unpaired) electrons. The number of nitrogens with zero attached hydrogens (tertiary/aromatic N) is 6. The van der Waals surface area contributed by atoms with Crippen LogP contribution in [0.15, 0.2) is 373 Å². The molecule has 9 aromatic carbocycles. The Balaban J connectivity index is 0.000000181. The van der Waals surface area contributed by atoms with Gasteiger partial charge in [0.2, 0.25) is 0 Å². The molecule has 4 saturated heterocycles. The molecule has 126 heavy (non-hydrogen) atoms. The van der Waals surface area contributed by atoms with Crippen LogP contribution in [0.5, 0.6) is 0 Å². The topological polar surface area (TPSA) is 245 Å². The molecule has 3 aromatic heterocycles. The Morgan fingerprint density at radius 2 is 0.571 bits per heavy atom. The van der Waals surface area contributed by atoms with Crippen molar-refractivity contribution in [3.63, 3.8) is 0 Å². The fraction of sp³-hybridized carbons (Fsp3) is 0.295. The van der Waals surface area contributed by atoms with Gasteiger partial charge in [-0.3, -0.25) is 18.5 Å². The van der Waals surface area contributed by atoms with E-state index in [1.54, 1.807) is 52.5 Å². The second-order valence-electron chi connectivity index (χ2n) is 30.0. The van der Waals surface area contributed by atoms with Gasteiger partial charge in [0.1, 0.15) is 49.5 Å². The van der Waals surface area contributed by atoms with E-state index < -0.39 is 83.2 Å². The highest BCUT2D eigenvalue weighted by atomic mass is 127. The van der Waals surface area contributed by atoms with E-state index in [1.807, 2.05) is 27.7 Å². The number of carbonyl (C=O) groups is 4. The lowest BCUT2D eigenvalue weighted by molar-refractivity contribution is -0.207. The number of alkyl halides is 6. The Kier molecular flexibility index (Phi) is 38.3. The van der Waals surface area contributed by atoms with E-state index in [4.69, 9.17) is 47.7 Å². The second-order valence-corrected chi connectivity index (χ2v) is 36.1. The first-order valence-electron chi connectivity index (χ1n) is 39.6. The van der Waals surface area contributed by atoms with Gasteiger partial charge in [0, 0.05) is 58.0 Å². The van der Waals surface area contributed by atoms with Gasteiger partial charge in [0.25, 0.3) is 0 Å². The third-order valence-corrected chi connectivity index (χ3v) is 24.7. The number of hydrogen-bond acceptors (Lipinski definition) is 17. The molecule has 4 fully saturated rings. The first kappa shape index (κ1) is 101. The number of carboxylic acids is 1. The normalized spacial score (nSPS) is 17.9. The Labute approximate surface area is 755 Å². The van der Waals surface area contributed by atoms with Crippen LogP contribution >= 0.6 is 0 Å². The van der Waals surface area contributed by atoms with Crippen molar-refractivity contribution in [3.8, 4) is 0 Å². The monoisotopic (exact) mass is 1900 g/mol. The molecule has 7 heterocycles. The zero-order chi connectivity index (χ0) is 90.4. The number of hydrogen-bond donors (Lipinski definition) is 2. The summed E-state index contributed by atoms with van der Waals surface area (Å²) in [6.07, 6.45) is 8.79. The first-order chi connectivity index (χ1) is 59.4. The van der Waals surface area contributed by atoms with Gasteiger partial charge < -0.3 is 76.8 Å². The zero-order valence-corrected chi connectivity index (χ0v) is 75.8. The summed E-state index contributed by atoms with van der Waals surface area (Å²) < 4.78 is 126. The maximum atomic E-state index is 13.1. The van der Waals surface area contributed by atoms with Crippen LogP contribution in [0.4, 0.5) is 31.1 Å². The van der Waals surface area contributed by atoms with Crippen LogP contribution in [-0.2, 0) is 84.9 Å². The maximum absolute atomic E-state index is 13.1. The molecule has 4 aliphatic rings. The standard InChI is InChI=1S/3C18H15S.C14H22F2O6.C11H20O5.C7H6N4O.C6H6F2N2O.C3H4F2O2.HI/c3*1-4-10-16(11-5-1)19(17-12-6-2-7-13-17)18-14-8-3-9-15-18;1-12(2)18-6-8(21-12)10(20-11(17)14(5,15)16)9-7-19-13(3,4)22-9;1-10(2)13-5-7(15-10)9(12)8-6-14-11(3,4)16-8;12-7(10-3-1-8-5-10)11-4-2-9-6-11;1-6(7,8)5(11)10-3-2-9-4-10;1-3(4,5)2(6)7;/h3*1-15H;8-10H,6-7H2,1-5H3;7-9,12H,5-6H2,1-4H3;1-6H;2-4H,1H3;1H3,(H,6,7);1H/q3*+1;;;;;;/p-1. The van der Waals surface area contributed by atoms with Gasteiger partial charge in [-0.2, -0.15) is 26.3 Å². The van der Waals surface area contributed by atoms with E-state index in [2.05, 4.69) is 288 Å². The molecule has 0 amide bonds. The predicted molar refractivity (Wildman–Crippen MR) is 463 cm³/mol. The van der Waals surface area contributed by atoms with Gasteiger partial charge in [-0.05, 0) is 165 Å². The Bertz CT molecular complexity index is 4500. The van der Waals surface area contributed by atoms with Gasteiger partial charge in [-0.25, -0.2) is 29.3 Å². The van der Waals surface area contributed by atoms with Gasteiger partial charge >= 0.3 is 41.6 Å². The zero-order valence-electron chi connectivity index (χ0n) is 71.2. The van der Waals surface area contributed by atoms with Crippen molar-refractivity contribution in [2.24, 2.45) is 0 Å². The van der Waals surface area contributed by atoms with Crippen LogP contribution < -0.4 is 24.0 Å². The average molecular weight is 1910 g/mol. The van der Waals surface area contributed by atoms with Gasteiger partial charge in [-0.15, -0.1) is 0 Å². The first-order valence-corrected chi connectivity index (χ1v) is 43.3. The van der Waals surface area contributed by atoms with Crippen molar-refractivity contribution in [2.75, 3.05) is 26.4 Å². The van der Waals surface area contributed by atoms with E-state index in [0.717, 1.165) is 10.9 Å². The number of aromatic nitrogens is 6. The summed E-state index contributed by atoms with van der Waals surface area (Å²) in [6, 6.07) is 96.3. The molecule has 0 spiro atoms. The molecule has 4 aliphatic heterocycles. The number of esters is 1. The molecule has 668 valence electrons. The van der Waals surface area contributed by atoms with Crippen LogP contribution in [-0.4, -0.2) is 167 Å². The van der Waals surface area contributed by atoms with Crippen LogP contribution in [0.2, 0.25) is 0 Å². The smallest absolute Gasteiger partial charge is 0.377 e. The van der Waals surface area contributed by atoms with Crippen LogP contribution in [0.25, 0.3) is 0 Å². The summed E-state index contributed by atoms with van der Waals surface area (Å²) in [6.45, 7) is 16.4. The number of imidazole rings is 3. The number of aliphatic hydroxyl groups is 1. The SMILES string of the molecule is CC(F)(F)C(=O)O.CC(F)(F)C(=O)n1ccnc1.CC1(C)OCC(C(O)C2COC(C)(C)O2)O1.CC1(C)OCC(C(OC(=O)C(C)(F)F)C2COC(C)(C)O2)O1.O=C(n1ccnc1)n1ccnc1.[I-].c1ccc([S+](c2ccccc2)c2ccccc2)cc1.c1ccc([S+](c2ccccc2)c2ccccc2)cc1.c1ccc([S+](c2ccccc2)c2ccccc2)cc1. The maximum Gasteiger partial charge on any atom is 0.377 e. The largest absolute Gasteiger partial charge is 1.00 e. The van der Waals surface area contributed by atoms with E-state index in [1.165, 1.54) is 78.2 Å². The van der Waals surface area contributed by atoms with Crippen LogP contribution in [0.3, 0.4) is 0 Å². The lowest BCUT2D eigenvalue weighted by Crippen LogP contribution is -3.00. The fourth-order valence-electron chi connectivity index (χ4n) is 12.1. The highest BCUT2D eigenvalue weighted by molar-refractivity contribution is 7.97. The lowest BCUT2D eigenvalue weighted by Gasteiger charge is -2.29. The van der Waals surface area contributed by atoms with Crippen LogP contribution in [0, 0.1) is 0 Å². The van der Waals surface area contributed by atoms with Gasteiger partial charge in [0.05, 0.1) is 59.1 Å². The molecular formula is C95H103F6IN6O15S3+2. The molecule has 4 atom stereocenters. The molecule has 16 rings (SSSR count). The van der Waals surface area contributed by atoms with E-state index >= 15 is 0 Å². The molecular weight excluding hydrogens is 1800 g/mol. The molecule has 0 bridgehead atoms. The molecule has 2 N–H and O–H groups in total. The summed E-state index contributed by atoms with van der Waals surface area (Å²) in [5, 5.41) is 17.6. The lowest BCUT2D eigenvalue weighted by atomic mass is 10.1. The molecule has 12 aromatic rings. The number of aliphatic carboxylic acids is 1. The molecule has 31 heteroatoms. The average Bonchev–Trinajstić information content (AvgIpc) is 1.63. The number of ether oxygens (including phenoxy) is 9. The second kappa shape index (κ2) is 47.6. The molecule has 0 aliphatic carbocycles. The highest BCUT2D eigenvalue weighted by Gasteiger charge is 2.51. The Morgan fingerprint density at radius 1 is 0.365 bits per heavy atom. The molecule has 0 saturated carbocycles. The number of carboxylic acid groups (broad SMARTS) is 1. The van der Waals surface area contributed by atoms with Crippen molar-refractivity contribution in [2.45, 2.75) is 198 Å². The predicted octanol–water partition coefficient (Wildman–Crippen LogP) is 16.4. The van der Waals surface area contributed by atoms with E-state index in [-0.39, 0.29) is 88.1 Å². The minimum absolute atomic E-state index is 0. The van der Waals surface area contributed by atoms with Gasteiger partial charge in [-0.1, -0.05) is 164 Å². The van der Waals surface area contributed by atoms with Crippen LogP contribution in [0.1, 0.15) is 81.0 Å². The van der Waals surface area contributed by atoms with Crippen molar-refractivity contribution in [1.82, 2.24) is 28.7 Å². The Hall–Kier alpha value is -10.1. The summed E-state index contributed by atoms with van der Waals surface area (Å²) in [5.74, 6) is -18.5. The van der Waals surface area contributed by atoms with E-state index in [0.29, 0.717) is 34.0 Å². The number of benzene rings is 9. The quantitative estimate of drug-likeness (QED) is 0.0372. The summed E-state index contributed by atoms with van der Waals surface area (Å²) in [4.78, 5) is 66.2. The Morgan fingerprint density at radius 3 is 0.738 bits per heavy atom.